The number of aliphatic hydroxyl groups excluding tert-OH is 1. The summed E-state index contributed by atoms with van der Waals surface area (Å²) in [6, 6.07) is 19.6. The molecule has 0 saturated heterocycles. The molecular formula is C38H42N2O7. The zero-order valence-electron chi connectivity index (χ0n) is 27.7. The van der Waals surface area contributed by atoms with Crippen molar-refractivity contribution >= 4 is 0 Å². The largest absolute Gasteiger partial charge is 0.633 e. The number of hydroxylamine groups is 3. The quantitative estimate of drug-likeness (QED) is 0.196. The fourth-order valence-electron chi connectivity index (χ4n) is 7.47. The van der Waals surface area contributed by atoms with Crippen LogP contribution in [0.4, 0.5) is 0 Å². The van der Waals surface area contributed by atoms with Crippen LogP contribution in [0, 0.1) is 5.21 Å². The van der Waals surface area contributed by atoms with Crippen molar-refractivity contribution in [1.82, 2.24) is 4.90 Å². The fourth-order valence-corrected chi connectivity index (χ4v) is 7.47. The van der Waals surface area contributed by atoms with Crippen LogP contribution >= 0.6 is 0 Å². The van der Waals surface area contributed by atoms with Gasteiger partial charge in [0, 0.05) is 42.1 Å². The maximum atomic E-state index is 14.1. The highest BCUT2D eigenvalue weighted by atomic mass is 16.5. The average molecular weight is 639 g/mol. The third-order valence-electron chi connectivity index (χ3n) is 10.1. The summed E-state index contributed by atoms with van der Waals surface area (Å²) in [6.45, 7) is 1.09. The highest BCUT2D eigenvalue weighted by Crippen LogP contribution is 2.51. The first-order valence-corrected chi connectivity index (χ1v) is 16.1. The van der Waals surface area contributed by atoms with Crippen LogP contribution < -0.4 is 23.7 Å². The molecule has 246 valence electrons. The number of benzene rings is 4. The van der Waals surface area contributed by atoms with Crippen molar-refractivity contribution in [2.45, 2.75) is 44.4 Å². The van der Waals surface area contributed by atoms with E-state index in [-0.39, 0.29) is 18.7 Å². The summed E-state index contributed by atoms with van der Waals surface area (Å²) in [5.74, 6) is 4.10. The summed E-state index contributed by atoms with van der Waals surface area (Å²) >= 11 is 0. The molecule has 47 heavy (non-hydrogen) atoms. The Morgan fingerprint density at radius 1 is 0.851 bits per heavy atom. The molecule has 0 amide bonds. The second-order valence-corrected chi connectivity index (χ2v) is 13.0. The molecule has 0 spiro atoms. The number of ether oxygens (including phenoxy) is 5. The molecule has 9 nitrogen and oxygen atoms in total. The van der Waals surface area contributed by atoms with Crippen LogP contribution in [-0.2, 0) is 32.3 Å². The summed E-state index contributed by atoms with van der Waals surface area (Å²) in [5, 5.41) is 24.7. The summed E-state index contributed by atoms with van der Waals surface area (Å²) in [7, 11) is 8.76. The SMILES string of the molecule is COc1ccc2cc1Oc1ccc(cc1)C[C@H]1c3cc(c(CO)cc3CC[N@+]1(C)[O-])Oc1c(OC)c(OC)cc3c1[C@H](C2)N(C)CC3. The number of aliphatic hydroxyl groups is 1. The second-order valence-electron chi connectivity index (χ2n) is 13.0. The minimum Gasteiger partial charge on any atom is -0.633 e. The Kier molecular flexibility index (Phi) is 8.26. The van der Waals surface area contributed by atoms with Crippen molar-refractivity contribution in [2.75, 3.05) is 48.5 Å². The van der Waals surface area contributed by atoms with Crippen molar-refractivity contribution in [3.63, 3.8) is 0 Å². The first-order valence-electron chi connectivity index (χ1n) is 16.1. The zero-order chi connectivity index (χ0) is 32.9. The van der Waals surface area contributed by atoms with Crippen LogP contribution in [0.2, 0.25) is 0 Å². The molecule has 4 aliphatic rings. The van der Waals surface area contributed by atoms with E-state index in [1.54, 1.807) is 28.4 Å². The number of rotatable bonds is 4. The third kappa shape index (κ3) is 5.67. The van der Waals surface area contributed by atoms with E-state index in [4.69, 9.17) is 23.7 Å². The van der Waals surface area contributed by atoms with Crippen molar-refractivity contribution in [1.29, 1.82) is 0 Å². The number of hydrogen-bond acceptors (Lipinski definition) is 8. The minimum atomic E-state index is -0.405. The second kappa shape index (κ2) is 12.4. The Balaban J connectivity index is 1.48. The fraction of sp³-hybridized carbons (Fsp3) is 0.368. The minimum absolute atomic E-state index is 0.0717. The van der Waals surface area contributed by atoms with Gasteiger partial charge in [-0.25, -0.2) is 0 Å². The molecule has 4 aliphatic heterocycles. The smallest absolute Gasteiger partial charge is 0.204 e. The molecule has 1 N–H and O–H groups in total. The van der Waals surface area contributed by atoms with Crippen LogP contribution in [-0.4, -0.2) is 63.2 Å². The first kappa shape index (κ1) is 31.3. The average Bonchev–Trinajstić information content (AvgIpc) is 3.07. The molecule has 4 aromatic carbocycles. The van der Waals surface area contributed by atoms with E-state index in [0.29, 0.717) is 71.6 Å². The van der Waals surface area contributed by atoms with Gasteiger partial charge in [-0.2, -0.15) is 0 Å². The maximum Gasteiger partial charge on any atom is 0.204 e. The summed E-state index contributed by atoms with van der Waals surface area (Å²) in [5.41, 5.74) is 6.89. The van der Waals surface area contributed by atoms with E-state index in [1.807, 2.05) is 48.5 Å². The lowest BCUT2D eigenvalue weighted by atomic mass is 9.86. The van der Waals surface area contributed by atoms with E-state index in [9.17, 15) is 10.3 Å². The zero-order valence-corrected chi connectivity index (χ0v) is 27.7. The number of quaternary nitrogens is 1. The number of methoxy groups -OCH3 is 3. The van der Waals surface area contributed by atoms with Crippen molar-refractivity contribution in [3.05, 3.63) is 105 Å². The molecule has 9 heteroatoms. The van der Waals surface area contributed by atoms with Crippen LogP contribution in [0.3, 0.4) is 0 Å². The number of fused-ring (bicyclic) bond motifs is 2. The third-order valence-corrected chi connectivity index (χ3v) is 10.1. The molecule has 0 saturated carbocycles. The summed E-state index contributed by atoms with van der Waals surface area (Å²) in [6.07, 6.45) is 2.63. The highest BCUT2D eigenvalue weighted by molar-refractivity contribution is 5.63. The Morgan fingerprint density at radius 2 is 1.62 bits per heavy atom. The normalized spacial score (nSPS) is 21.9. The van der Waals surface area contributed by atoms with E-state index in [2.05, 4.69) is 24.1 Å². The molecule has 4 heterocycles. The topological polar surface area (TPSA) is 92.7 Å². The highest BCUT2D eigenvalue weighted by Gasteiger charge is 2.36. The predicted molar refractivity (Wildman–Crippen MR) is 179 cm³/mol. The van der Waals surface area contributed by atoms with Crippen molar-refractivity contribution < 1.29 is 33.4 Å². The number of likely N-dealkylation sites (N-methyl/N-ethyl adjacent to an activating group) is 2. The van der Waals surface area contributed by atoms with Crippen molar-refractivity contribution in [3.8, 4) is 40.2 Å². The molecule has 0 aromatic heterocycles. The standard InChI is InChI=1S/C38H42N2O7/c1-39-14-12-26-20-35(44-4)37(45-5)38-36(26)30(39)16-24-8-11-32(43-3)34(18-24)46-28-9-6-23(7-10-28)17-31-29-21-33(47-38)27(22-41)19-25(29)13-15-40(31,2)42/h6-11,18-21,30-31,41H,12-17,22H2,1-5H3/t30-,31-,40-/m0/s1. The van der Waals surface area contributed by atoms with Crippen LogP contribution in [0.25, 0.3) is 0 Å². The first-order chi connectivity index (χ1) is 22.7. The van der Waals surface area contributed by atoms with Gasteiger partial charge in [0.15, 0.2) is 23.0 Å². The van der Waals surface area contributed by atoms with Gasteiger partial charge >= 0.3 is 0 Å². The van der Waals surface area contributed by atoms with Crippen molar-refractivity contribution in [2.24, 2.45) is 0 Å². The molecule has 3 atom stereocenters. The molecule has 0 radical (unpaired) electrons. The number of hydrogen-bond donors (Lipinski definition) is 1. The Hall–Kier alpha value is -4.28. The van der Waals surface area contributed by atoms with Gasteiger partial charge < -0.3 is 38.6 Å². The Bertz CT molecular complexity index is 1800. The predicted octanol–water partition coefficient (Wildman–Crippen LogP) is 6.66. The van der Waals surface area contributed by atoms with Gasteiger partial charge in [0.25, 0.3) is 0 Å². The number of nitrogens with zero attached hydrogens (tertiary/aromatic N) is 2. The lowest BCUT2D eigenvalue weighted by Crippen LogP contribution is -2.47. The van der Waals surface area contributed by atoms with Gasteiger partial charge in [-0.15, -0.1) is 0 Å². The van der Waals surface area contributed by atoms with E-state index >= 15 is 0 Å². The van der Waals surface area contributed by atoms with Crippen LogP contribution in [0.1, 0.15) is 51.0 Å². The molecule has 0 aliphatic carbocycles. The maximum absolute atomic E-state index is 14.1. The van der Waals surface area contributed by atoms with Crippen LogP contribution in [0.15, 0.2) is 60.7 Å². The van der Waals surface area contributed by atoms with E-state index in [0.717, 1.165) is 46.3 Å². The molecule has 0 fully saturated rings. The van der Waals surface area contributed by atoms with Gasteiger partial charge in [-0.1, -0.05) is 18.2 Å². The molecule has 8 rings (SSSR count). The molecule has 0 unspecified atom stereocenters. The monoisotopic (exact) mass is 638 g/mol. The van der Waals surface area contributed by atoms with E-state index in [1.165, 1.54) is 0 Å². The van der Waals surface area contributed by atoms with Gasteiger partial charge in [-0.3, -0.25) is 4.90 Å². The molecule has 4 aromatic rings. The van der Waals surface area contributed by atoms with Gasteiger partial charge in [-0.05, 0) is 84.6 Å². The Morgan fingerprint density at radius 3 is 2.34 bits per heavy atom. The lowest BCUT2D eigenvalue weighted by molar-refractivity contribution is -0.894. The van der Waals surface area contributed by atoms with Gasteiger partial charge in [0.05, 0.1) is 41.5 Å². The van der Waals surface area contributed by atoms with Gasteiger partial charge in [0.1, 0.15) is 17.5 Å². The van der Waals surface area contributed by atoms with E-state index < -0.39 is 4.65 Å². The van der Waals surface area contributed by atoms with Crippen LogP contribution in [0.5, 0.6) is 40.2 Å². The summed E-state index contributed by atoms with van der Waals surface area (Å²) in [4.78, 5) is 2.33. The lowest BCUT2D eigenvalue weighted by Gasteiger charge is -2.49. The molecular weight excluding hydrogens is 596 g/mol. The Labute approximate surface area is 276 Å². The van der Waals surface area contributed by atoms with Gasteiger partial charge in [0.2, 0.25) is 5.75 Å². The molecule has 6 bridgehead atoms. The summed E-state index contributed by atoms with van der Waals surface area (Å²) < 4.78 is 30.5.